The number of likely N-dealkylation sites (tertiary alicyclic amines) is 1. The molecule has 0 aliphatic carbocycles. The highest BCUT2D eigenvalue weighted by Gasteiger charge is 2.31. The zero-order chi connectivity index (χ0) is 26.7. The van der Waals surface area contributed by atoms with E-state index in [-0.39, 0.29) is 30.2 Å². The Morgan fingerprint density at radius 2 is 1.71 bits per heavy atom. The Kier molecular flexibility index (Phi) is 9.47. The van der Waals surface area contributed by atoms with Crippen molar-refractivity contribution in [2.75, 3.05) is 44.6 Å². The lowest BCUT2D eigenvalue weighted by Crippen LogP contribution is -2.58. The van der Waals surface area contributed by atoms with Crippen molar-refractivity contribution in [1.29, 1.82) is 0 Å². The van der Waals surface area contributed by atoms with Gasteiger partial charge in [0.1, 0.15) is 12.0 Å². The van der Waals surface area contributed by atoms with Gasteiger partial charge in [-0.25, -0.2) is 14.0 Å². The van der Waals surface area contributed by atoms with Gasteiger partial charge in [0.25, 0.3) is 0 Å². The van der Waals surface area contributed by atoms with Gasteiger partial charge in [-0.2, -0.15) is 4.98 Å². The Labute approximate surface area is 227 Å². The van der Waals surface area contributed by atoms with Crippen LogP contribution in [-0.4, -0.2) is 93.2 Å². The Morgan fingerprint density at radius 3 is 2.29 bits per heavy atom. The van der Waals surface area contributed by atoms with Crippen molar-refractivity contribution in [3.8, 4) is 5.69 Å². The zero-order valence-corrected chi connectivity index (χ0v) is 22.5. The zero-order valence-electron chi connectivity index (χ0n) is 21.7. The SMILES string of the molecule is CC(C)(N)C(=O)N1CCN(C(=O)Nc2ccn(-c3ccc(CN4CC[C@H](N)[C@H](F)C4)cc3)c(=O)n2)CC1.Cl. The van der Waals surface area contributed by atoms with Crippen molar-refractivity contribution in [3.05, 3.63) is 52.6 Å². The molecule has 2 aliphatic heterocycles. The van der Waals surface area contributed by atoms with Gasteiger partial charge in [-0.3, -0.25) is 19.6 Å². The molecule has 2 aliphatic rings. The first-order chi connectivity index (χ1) is 17.5. The number of urea groups is 1. The van der Waals surface area contributed by atoms with Crippen LogP contribution in [-0.2, 0) is 11.3 Å². The number of halogens is 2. The lowest BCUT2D eigenvalue weighted by atomic mass is 10.0. The minimum absolute atomic E-state index is 0. The number of alkyl halides is 1. The number of aromatic nitrogens is 2. The fraction of sp³-hybridized carbons (Fsp3) is 0.520. The second-order valence-corrected chi connectivity index (χ2v) is 10.3. The van der Waals surface area contributed by atoms with E-state index in [9.17, 15) is 18.8 Å². The van der Waals surface area contributed by atoms with Crippen LogP contribution in [0.2, 0.25) is 0 Å². The number of hydrogen-bond donors (Lipinski definition) is 3. The van der Waals surface area contributed by atoms with Crippen LogP contribution in [0.5, 0.6) is 0 Å². The summed E-state index contributed by atoms with van der Waals surface area (Å²) in [4.78, 5) is 46.9. The van der Waals surface area contributed by atoms with E-state index >= 15 is 0 Å². The van der Waals surface area contributed by atoms with Crippen molar-refractivity contribution >= 4 is 30.2 Å². The highest BCUT2D eigenvalue weighted by molar-refractivity contribution is 5.89. The highest BCUT2D eigenvalue weighted by atomic mass is 35.5. The molecule has 0 saturated carbocycles. The van der Waals surface area contributed by atoms with E-state index < -0.39 is 23.4 Å². The molecule has 5 N–H and O–H groups in total. The summed E-state index contributed by atoms with van der Waals surface area (Å²) in [5, 5.41) is 2.66. The number of amides is 3. The van der Waals surface area contributed by atoms with E-state index in [1.807, 2.05) is 29.2 Å². The molecule has 3 heterocycles. The molecule has 0 radical (unpaired) electrons. The largest absolute Gasteiger partial charge is 0.354 e. The van der Waals surface area contributed by atoms with Gasteiger partial charge in [-0.1, -0.05) is 12.1 Å². The molecule has 2 atom stereocenters. The molecule has 2 aromatic rings. The summed E-state index contributed by atoms with van der Waals surface area (Å²) in [5.74, 6) is -0.0101. The number of piperazine rings is 1. The van der Waals surface area contributed by atoms with Crippen LogP contribution in [0.4, 0.5) is 15.0 Å². The Hall–Kier alpha value is -3.06. The third-order valence-electron chi connectivity index (χ3n) is 6.74. The van der Waals surface area contributed by atoms with Gasteiger partial charge in [0, 0.05) is 58.1 Å². The smallest absolute Gasteiger partial charge is 0.338 e. The number of carbonyl (C=O) groups is 2. The molecule has 11 nitrogen and oxygen atoms in total. The van der Waals surface area contributed by atoms with Crippen molar-refractivity contribution in [1.82, 2.24) is 24.3 Å². The van der Waals surface area contributed by atoms with Crippen molar-refractivity contribution < 1.29 is 14.0 Å². The maximum atomic E-state index is 13.9. The van der Waals surface area contributed by atoms with E-state index in [1.54, 1.807) is 35.9 Å². The van der Waals surface area contributed by atoms with Crippen molar-refractivity contribution in [3.63, 3.8) is 0 Å². The summed E-state index contributed by atoms with van der Waals surface area (Å²) < 4.78 is 15.3. The van der Waals surface area contributed by atoms with Gasteiger partial charge in [0.05, 0.1) is 11.2 Å². The van der Waals surface area contributed by atoms with E-state index in [1.165, 1.54) is 4.57 Å². The predicted octanol–water partition coefficient (Wildman–Crippen LogP) is 0.939. The number of benzene rings is 1. The highest BCUT2D eigenvalue weighted by Crippen LogP contribution is 2.17. The Morgan fingerprint density at radius 1 is 1.08 bits per heavy atom. The standard InChI is InChI=1S/C25H35FN8O3.ClH/c1-25(2,28)22(35)32-11-13-33(14-12-32)23(36)29-21-8-10-34(24(37)30-21)18-5-3-17(4-6-18)15-31-9-7-20(27)19(26)16-31;/h3-6,8,10,19-20H,7,9,11-16,27-28H2,1-2H3,(H,29,30,36,37);1H/t19-,20+;/m1./s1. The van der Waals surface area contributed by atoms with Crippen LogP contribution in [0.15, 0.2) is 41.3 Å². The molecule has 38 heavy (non-hydrogen) atoms. The third kappa shape index (κ3) is 7.07. The van der Waals surface area contributed by atoms with Crippen LogP contribution < -0.4 is 22.5 Å². The van der Waals surface area contributed by atoms with E-state index in [0.29, 0.717) is 51.4 Å². The lowest BCUT2D eigenvalue weighted by molar-refractivity contribution is -0.137. The number of rotatable bonds is 5. The molecule has 208 valence electrons. The fourth-order valence-corrected chi connectivity index (χ4v) is 4.53. The molecule has 13 heteroatoms. The number of nitrogens with zero attached hydrogens (tertiary/aromatic N) is 5. The molecule has 1 aromatic carbocycles. The second kappa shape index (κ2) is 12.2. The van der Waals surface area contributed by atoms with E-state index in [0.717, 1.165) is 12.1 Å². The molecule has 0 spiro atoms. The number of anilines is 1. The second-order valence-electron chi connectivity index (χ2n) is 10.3. The van der Waals surface area contributed by atoms with Gasteiger partial charge < -0.3 is 21.3 Å². The topological polar surface area (TPSA) is 143 Å². The average Bonchev–Trinajstić information content (AvgIpc) is 2.86. The summed E-state index contributed by atoms with van der Waals surface area (Å²) in [5.41, 5.74) is 11.8. The van der Waals surface area contributed by atoms with Crippen molar-refractivity contribution in [2.24, 2.45) is 11.5 Å². The van der Waals surface area contributed by atoms with Gasteiger partial charge in [-0.05, 0) is 44.0 Å². The maximum absolute atomic E-state index is 13.9. The number of carbonyl (C=O) groups excluding carboxylic acids is 2. The quantitative estimate of drug-likeness (QED) is 0.502. The number of nitrogens with two attached hydrogens (primary N) is 2. The van der Waals surface area contributed by atoms with Crippen LogP contribution in [0, 0.1) is 0 Å². The number of piperidine rings is 1. The van der Waals surface area contributed by atoms with Gasteiger partial charge in [-0.15, -0.1) is 12.4 Å². The molecule has 0 unspecified atom stereocenters. The molecular formula is C25H36ClFN8O3. The van der Waals surface area contributed by atoms with Crippen LogP contribution in [0.3, 0.4) is 0 Å². The molecule has 4 rings (SSSR count). The van der Waals surface area contributed by atoms with Gasteiger partial charge in [0.2, 0.25) is 5.91 Å². The van der Waals surface area contributed by atoms with Crippen molar-refractivity contribution in [2.45, 2.75) is 44.6 Å². The molecule has 1 aromatic heterocycles. The van der Waals surface area contributed by atoms with Gasteiger partial charge in [0.15, 0.2) is 0 Å². The van der Waals surface area contributed by atoms with Crippen LogP contribution in [0.25, 0.3) is 5.69 Å². The molecule has 2 fully saturated rings. The molecule has 3 amide bonds. The minimum Gasteiger partial charge on any atom is -0.338 e. The molecular weight excluding hydrogens is 515 g/mol. The van der Waals surface area contributed by atoms with E-state index in [4.69, 9.17) is 11.5 Å². The number of nitrogens with one attached hydrogen (secondary N) is 1. The first-order valence-corrected chi connectivity index (χ1v) is 12.5. The first kappa shape index (κ1) is 29.5. The van der Waals surface area contributed by atoms with Crippen LogP contribution >= 0.6 is 12.4 Å². The summed E-state index contributed by atoms with van der Waals surface area (Å²) in [6.45, 7) is 6.47. The fourth-order valence-electron chi connectivity index (χ4n) is 4.53. The Bertz CT molecular complexity index is 1180. The minimum atomic E-state index is -1.02. The van der Waals surface area contributed by atoms with Crippen LogP contribution in [0.1, 0.15) is 25.8 Å². The molecule has 2 saturated heterocycles. The van der Waals surface area contributed by atoms with E-state index in [2.05, 4.69) is 10.3 Å². The normalized spacial score (nSPS) is 20.6. The predicted molar refractivity (Wildman–Crippen MR) is 145 cm³/mol. The number of hydrogen-bond acceptors (Lipinski definition) is 7. The third-order valence-corrected chi connectivity index (χ3v) is 6.74. The Balaban J connectivity index is 0.00000400. The molecule has 0 bridgehead atoms. The average molecular weight is 551 g/mol. The monoisotopic (exact) mass is 550 g/mol. The summed E-state index contributed by atoms with van der Waals surface area (Å²) >= 11 is 0. The maximum Gasteiger partial charge on any atom is 0.354 e. The lowest BCUT2D eigenvalue weighted by Gasteiger charge is -2.37. The summed E-state index contributed by atoms with van der Waals surface area (Å²) in [7, 11) is 0. The summed E-state index contributed by atoms with van der Waals surface area (Å²) in [6.07, 6.45) is 1.17. The first-order valence-electron chi connectivity index (χ1n) is 12.5. The summed E-state index contributed by atoms with van der Waals surface area (Å²) in [6, 6.07) is 8.19. The van der Waals surface area contributed by atoms with Gasteiger partial charge >= 0.3 is 11.7 Å².